The molecular weight excluding hydrogens is 396 g/mol. The molecule has 2 N–H and O–H groups in total. The number of carbonyl (C=O) groups excluding carboxylic acids is 2. The molecule has 2 aromatic rings. The minimum atomic E-state index is -0.458. The van der Waals surface area contributed by atoms with Gasteiger partial charge in [-0.1, -0.05) is 12.1 Å². The fraction of sp³-hybridized carbons (Fsp3) is 0.522. The van der Waals surface area contributed by atoms with E-state index in [0.29, 0.717) is 18.0 Å². The molecule has 0 aromatic carbocycles. The zero-order valence-corrected chi connectivity index (χ0v) is 18.9. The second-order valence-corrected chi connectivity index (χ2v) is 10.7. The van der Waals surface area contributed by atoms with E-state index >= 15 is 0 Å². The molecule has 6 nitrogen and oxygen atoms in total. The van der Waals surface area contributed by atoms with Crippen molar-refractivity contribution in [1.29, 1.82) is 0 Å². The van der Waals surface area contributed by atoms with Gasteiger partial charge in [0.05, 0.1) is 16.5 Å². The summed E-state index contributed by atoms with van der Waals surface area (Å²) in [6, 6.07) is 7.62. The smallest absolute Gasteiger partial charge is 0.264 e. The summed E-state index contributed by atoms with van der Waals surface area (Å²) in [4.78, 5) is 33.4. The third-order valence-corrected chi connectivity index (χ3v) is 6.75. The standard InChI is InChI=1S/C23H30N4O2S/c1-22(2)11-16(12-23(3,4)26-22)25-20(28)17-14-27(21(29)18-8-6-10-30-18)13-15-7-5-9-24-19(15)17/h5-10,16-17,26H,11-14H2,1-4H3,(H,25,28). The molecule has 0 spiro atoms. The van der Waals surface area contributed by atoms with Crippen LogP contribution in [0.3, 0.4) is 0 Å². The molecule has 0 aliphatic carbocycles. The van der Waals surface area contributed by atoms with Crippen LogP contribution in [-0.2, 0) is 11.3 Å². The Morgan fingerprint density at radius 2 is 1.90 bits per heavy atom. The number of fused-ring (bicyclic) bond motifs is 1. The average Bonchev–Trinajstić information content (AvgIpc) is 3.18. The normalized spacial score (nSPS) is 22.9. The molecular formula is C23H30N4O2S. The number of rotatable bonds is 3. The summed E-state index contributed by atoms with van der Waals surface area (Å²) in [5.74, 6) is -0.529. The van der Waals surface area contributed by atoms with Gasteiger partial charge in [0.25, 0.3) is 5.91 Å². The Bertz CT molecular complexity index is 922. The van der Waals surface area contributed by atoms with E-state index in [9.17, 15) is 9.59 Å². The van der Waals surface area contributed by atoms with Gasteiger partial charge in [-0.25, -0.2) is 0 Å². The SMILES string of the molecule is CC1(C)CC(NC(=O)C2CN(C(=O)c3cccs3)Cc3cccnc32)CC(C)(C)N1. The molecule has 4 heterocycles. The molecule has 4 rings (SSSR count). The van der Waals surface area contributed by atoms with Gasteiger partial charge in [-0.2, -0.15) is 0 Å². The number of nitrogens with zero attached hydrogens (tertiary/aromatic N) is 2. The molecule has 1 unspecified atom stereocenters. The van der Waals surface area contributed by atoms with E-state index in [2.05, 4.69) is 43.3 Å². The zero-order chi connectivity index (χ0) is 21.5. The number of pyridine rings is 1. The molecule has 2 aliphatic rings. The number of hydrogen-bond acceptors (Lipinski definition) is 5. The number of nitrogens with one attached hydrogen (secondary N) is 2. The Labute approximate surface area is 182 Å². The molecule has 1 saturated heterocycles. The maximum absolute atomic E-state index is 13.4. The topological polar surface area (TPSA) is 74.3 Å². The van der Waals surface area contributed by atoms with Crippen LogP contribution in [0.4, 0.5) is 0 Å². The Hall–Kier alpha value is -2.25. The van der Waals surface area contributed by atoms with Crippen molar-refractivity contribution in [3.05, 3.63) is 52.0 Å². The highest BCUT2D eigenvalue weighted by Crippen LogP contribution is 2.31. The van der Waals surface area contributed by atoms with E-state index in [-0.39, 0.29) is 28.9 Å². The van der Waals surface area contributed by atoms with Crippen LogP contribution >= 0.6 is 11.3 Å². The van der Waals surface area contributed by atoms with Crippen molar-refractivity contribution in [1.82, 2.24) is 20.5 Å². The number of thiophene rings is 1. The summed E-state index contributed by atoms with van der Waals surface area (Å²) in [5, 5.41) is 8.83. The van der Waals surface area contributed by atoms with Gasteiger partial charge in [-0.15, -0.1) is 11.3 Å². The fourth-order valence-electron chi connectivity index (χ4n) is 5.12. The predicted octanol–water partition coefficient (Wildman–Crippen LogP) is 3.31. The number of piperidine rings is 1. The van der Waals surface area contributed by atoms with Crippen molar-refractivity contribution in [3.8, 4) is 0 Å². The summed E-state index contributed by atoms with van der Waals surface area (Å²) < 4.78 is 0. The van der Waals surface area contributed by atoms with Gasteiger partial charge in [0.1, 0.15) is 0 Å². The third kappa shape index (κ3) is 4.42. The largest absolute Gasteiger partial charge is 0.353 e. The van der Waals surface area contributed by atoms with Crippen molar-refractivity contribution in [2.24, 2.45) is 0 Å². The molecule has 0 radical (unpaired) electrons. The van der Waals surface area contributed by atoms with Crippen molar-refractivity contribution < 1.29 is 9.59 Å². The summed E-state index contributed by atoms with van der Waals surface area (Å²) in [6.45, 7) is 9.53. The molecule has 7 heteroatoms. The molecule has 0 bridgehead atoms. The van der Waals surface area contributed by atoms with Gasteiger partial charge in [-0.05, 0) is 63.6 Å². The fourth-order valence-corrected chi connectivity index (χ4v) is 5.81. The number of aromatic nitrogens is 1. The van der Waals surface area contributed by atoms with Gasteiger partial charge in [0, 0.05) is 36.4 Å². The van der Waals surface area contributed by atoms with E-state index in [0.717, 1.165) is 24.1 Å². The Morgan fingerprint density at radius 1 is 1.17 bits per heavy atom. The summed E-state index contributed by atoms with van der Waals surface area (Å²) in [7, 11) is 0. The van der Waals surface area contributed by atoms with Gasteiger partial charge in [0.2, 0.25) is 5.91 Å². The van der Waals surface area contributed by atoms with Gasteiger partial charge in [0.15, 0.2) is 0 Å². The lowest BCUT2D eigenvalue weighted by atomic mass is 9.79. The first-order valence-corrected chi connectivity index (χ1v) is 11.4. The summed E-state index contributed by atoms with van der Waals surface area (Å²) >= 11 is 1.43. The minimum absolute atomic E-state index is 0.0264. The first-order chi connectivity index (χ1) is 14.1. The Balaban J connectivity index is 1.55. The number of amides is 2. The molecule has 2 aliphatic heterocycles. The molecule has 30 heavy (non-hydrogen) atoms. The predicted molar refractivity (Wildman–Crippen MR) is 118 cm³/mol. The summed E-state index contributed by atoms with van der Waals surface area (Å²) in [5.41, 5.74) is 1.63. The third-order valence-electron chi connectivity index (χ3n) is 5.89. The van der Waals surface area contributed by atoms with Gasteiger partial charge in [-0.3, -0.25) is 14.6 Å². The maximum Gasteiger partial charge on any atom is 0.264 e. The minimum Gasteiger partial charge on any atom is -0.353 e. The average molecular weight is 427 g/mol. The van der Waals surface area contributed by atoms with E-state index in [4.69, 9.17) is 0 Å². The van der Waals surface area contributed by atoms with Crippen LogP contribution in [0.15, 0.2) is 35.8 Å². The summed E-state index contributed by atoms with van der Waals surface area (Å²) in [6.07, 6.45) is 3.45. The molecule has 160 valence electrons. The zero-order valence-electron chi connectivity index (χ0n) is 18.1. The molecule has 2 aromatic heterocycles. The highest BCUT2D eigenvalue weighted by molar-refractivity contribution is 7.12. The molecule has 1 fully saturated rings. The van der Waals surface area contributed by atoms with Crippen LogP contribution in [0.25, 0.3) is 0 Å². The molecule has 2 amide bonds. The Morgan fingerprint density at radius 3 is 2.57 bits per heavy atom. The van der Waals surface area contributed by atoms with Crippen molar-refractivity contribution in [3.63, 3.8) is 0 Å². The van der Waals surface area contributed by atoms with Crippen molar-refractivity contribution in [2.45, 2.75) is 70.1 Å². The van der Waals surface area contributed by atoms with Gasteiger partial charge >= 0.3 is 0 Å². The number of carbonyl (C=O) groups is 2. The second kappa shape index (κ2) is 7.78. The van der Waals surface area contributed by atoms with Crippen molar-refractivity contribution in [2.75, 3.05) is 6.54 Å². The van der Waals surface area contributed by atoms with Crippen LogP contribution in [0.5, 0.6) is 0 Å². The highest BCUT2D eigenvalue weighted by atomic mass is 32.1. The number of hydrogen-bond donors (Lipinski definition) is 2. The van der Waals surface area contributed by atoms with E-state index in [1.165, 1.54) is 11.3 Å². The second-order valence-electron chi connectivity index (χ2n) is 9.77. The first kappa shape index (κ1) is 21.0. The molecule has 0 saturated carbocycles. The van der Waals surface area contributed by atoms with Gasteiger partial charge < -0.3 is 15.5 Å². The molecule has 1 atom stereocenters. The Kier molecular flexibility index (Phi) is 5.45. The van der Waals surface area contributed by atoms with Crippen LogP contribution in [0, 0.1) is 0 Å². The monoisotopic (exact) mass is 426 g/mol. The maximum atomic E-state index is 13.4. The quantitative estimate of drug-likeness (QED) is 0.790. The lowest BCUT2D eigenvalue weighted by Gasteiger charge is -2.47. The van der Waals surface area contributed by atoms with Crippen molar-refractivity contribution >= 4 is 23.2 Å². The van der Waals surface area contributed by atoms with Crippen LogP contribution in [0.1, 0.15) is 67.4 Å². The van der Waals surface area contributed by atoms with Crippen LogP contribution in [0.2, 0.25) is 0 Å². The lowest BCUT2D eigenvalue weighted by Crippen LogP contribution is -2.62. The van der Waals surface area contributed by atoms with Crippen LogP contribution in [-0.4, -0.2) is 45.4 Å². The van der Waals surface area contributed by atoms with E-state index in [1.807, 2.05) is 29.6 Å². The lowest BCUT2D eigenvalue weighted by molar-refractivity contribution is -0.124. The first-order valence-electron chi connectivity index (χ1n) is 10.5. The van der Waals surface area contributed by atoms with E-state index < -0.39 is 5.92 Å². The highest BCUT2D eigenvalue weighted by Gasteiger charge is 2.40. The van der Waals surface area contributed by atoms with Crippen LogP contribution < -0.4 is 10.6 Å². The van der Waals surface area contributed by atoms with E-state index in [1.54, 1.807) is 11.1 Å².